The predicted octanol–water partition coefficient (Wildman–Crippen LogP) is 3.59. The Bertz CT molecular complexity index is 836. The zero-order valence-electron chi connectivity index (χ0n) is 11.4. The number of aromatic amines is 1. The second-order valence-electron chi connectivity index (χ2n) is 5.18. The molecule has 0 fully saturated rings. The molecule has 4 nitrogen and oxygen atoms in total. The van der Waals surface area contributed by atoms with Crippen molar-refractivity contribution in [2.75, 3.05) is 6.61 Å². The average Bonchev–Trinajstić information content (AvgIpc) is 2.92. The molecule has 0 saturated heterocycles. The third-order valence-corrected chi connectivity index (χ3v) is 3.86. The van der Waals surface area contributed by atoms with Crippen molar-refractivity contribution >= 4 is 16.8 Å². The number of carbonyl (C=O) groups is 1. The maximum atomic E-state index is 12.2. The van der Waals surface area contributed by atoms with Crippen molar-refractivity contribution in [1.82, 2.24) is 9.97 Å². The molecule has 1 N–H and O–H groups in total. The first-order chi connectivity index (χ1) is 10.3. The lowest BCUT2D eigenvalue weighted by Gasteiger charge is -2.09. The minimum Gasteiger partial charge on any atom is -0.493 e. The first kappa shape index (κ1) is 12.1. The predicted molar refractivity (Wildman–Crippen MR) is 80.6 cm³/mol. The van der Waals surface area contributed by atoms with Crippen LogP contribution in [0.15, 0.2) is 42.7 Å². The van der Waals surface area contributed by atoms with Crippen LogP contribution in [0.3, 0.4) is 0 Å². The number of nitrogens with zero attached hydrogens (tertiary/aromatic N) is 1. The lowest BCUT2D eigenvalue weighted by atomic mass is 9.98. The van der Waals surface area contributed by atoms with E-state index in [0.29, 0.717) is 24.3 Å². The highest BCUT2D eigenvalue weighted by Crippen LogP contribution is 2.32. The number of H-pyrrole nitrogens is 1. The maximum absolute atomic E-state index is 12.2. The topological polar surface area (TPSA) is 55.0 Å². The van der Waals surface area contributed by atoms with Gasteiger partial charge in [-0.1, -0.05) is 6.07 Å². The van der Waals surface area contributed by atoms with Crippen molar-refractivity contribution in [3.05, 3.63) is 48.3 Å². The Morgan fingerprint density at radius 2 is 2.10 bits per heavy atom. The second kappa shape index (κ2) is 4.74. The third kappa shape index (κ3) is 2.00. The molecule has 0 amide bonds. The van der Waals surface area contributed by atoms with Crippen LogP contribution in [0.25, 0.3) is 22.2 Å². The van der Waals surface area contributed by atoms with Crippen molar-refractivity contribution in [1.29, 1.82) is 0 Å². The van der Waals surface area contributed by atoms with E-state index in [2.05, 4.69) is 9.97 Å². The number of pyridine rings is 1. The van der Waals surface area contributed by atoms with Gasteiger partial charge in [-0.2, -0.15) is 0 Å². The molecule has 0 radical (unpaired) electrons. The fraction of sp³-hybridized carbons (Fsp3) is 0.176. The van der Waals surface area contributed by atoms with Gasteiger partial charge >= 0.3 is 0 Å². The quantitative estimate of drug-likeness (QED) is 0.740. The summed E-state index contributed by atoms with van der Waals surface area (Å²) in [6.45, 7) is 0.607. The van der Waals surface area contributed by atoms with Gasteiger partial charge in [0.15, 0.2) is 5.78 Å². The highest BCUT2D eigenvalue weighted by atomic mass is 16.5. The number of benzene rings is 1. The summed E-state index contributed by atoms with van der Waals surface area (Å²) in [5.74, 6) is 0.851. The van der Waals surface area contributed by atoms with Gasteiger partial charge in [-0.3, -0.25) is 4.79 Å². The first-order valence-corrected chi connectivity index (χ1v) is 7.05. The van der Waals surface area contributed by atoms with Crippen molar-refractivity contribution in [3.63, 3.8) is 0 Å². The van der Waals surface area contributed by atoms with E-state index in [0.717, 1.165) is 28.6 Å². The van der Waals surface area contributed by atoms with Gasteiger partial charge in [-0.05, 0) is 41.8 Å². The SMILES string of the molecule is O=C1CCCOc2ccc(-c3ccnc4[nH]ccc34)cc21. The van der Waals surface area contributed by atoms with Gasteiger partial charge in [0.1, 0.15) is 11.4 Å². The highest BCUT2D eigenvalue weighted by molar-refractivity contribution is 6.01. The largest absolute Gasteiger partial charge is 0.493 e. The molecule has 21 heavy (non-hydrogen) atoms. The van der Waals surface area contributed by atoms with E-state index in [1.165, 1.54) is 0 Å². The number of aromatic nitrogens is 2. The average molecular weight is 278 g/mol. The van der Waals surface area contributed by atoms with Crippen LogP contribution < -0.4 is 4.74 Å². The number of Topliss-reactive ketones (excluding diaryl/α,β-unsaturated/α-hetero) is 1. The van der Waals surface area contributed by atoms with Crippen molar-refractivity contribution in [2.24, 2.45) is 0 Å². The van der Waals surface area contributed by atoms with Gasteiger partial charge in [0.2, 0.25) is 0 Å². The van der Waals surface area contributed by atoms with Gasteiger partial charge in [0.25, 0.3) is 0 Å². The molecule has 1 aliphatic heterocycles. The number of hydrogen-bond acceptors (Lipinski definition) is 3. The Balaban J connectivity index is 1.90. The van der Waals surface area contributed by atoms with Gasteiger partial charge in [-0.15, -0.1) is 0 Å². The summed E-state index contributed by atoms with van der Waals surface area (Å²) in [5.41, 5.74) is 3.62. The maximum Gasteiger partial charge on any atom is 0.166 e. The summed E-state index contributed by atoms with van der Waals surface area (Å²) in [6, 6.07) is 9.80. The lowest BCUT2D eigenvalue weighted by Crippen LogP contribution is -1.98. The number of carbonyl (C=O) groups excluding carboxylic acids is 1. The van der Waals surface area contributed by atoms with Crippen LogP contribution >= 0.6 is 0 Å². The van der Waals surface area contributed by atoms with E-state index in [9.17, 15) is 4.79 Å². The van der Waals surface area contributed by atoms with Crippen LogP contribution in [0, 0.1) is 0 Å². The molecule has 0 atom stereocenters. The molecule has 1 aromatic carbocycles. The zero-order valence-corrected chi connectivity index (χ0v) is 11.4. The van der Waals surface area contributed by atoms with Crippen LogP contribution in [-0.4, -0.2) is 22.4 Å². The molecule has 0 spiro atoms. The highest BCUT2D eigenvalue weighted by Gasteiger charge is 2.18. The lowest BCUT2D eigenvalue weighted by molar-refractivity contribution is 0.0983. The first-order valence-electron chi connectivity index (χ1n) is 7.05. The van der Waals surface area contributed by atoms with Crippen LogP contribution in [0.4, 0.5) is 0 Å². The molecule has 3 heterocycles. The number of nitrogens with one attached hydrogen (secondary N) is 1. The molecule has 104 valence electrons. The number of hydrogen-bond donors (Lipinski definition) is 1. The van der Waals surface area contributed by atoms with Crippen molar-refractivity contribution in [3.8, 4) is 16.9 Å². The normalized spacial score (nSPS) is 14.6. The molecular formula is C17H14N2O2. The number of ketones is 1. The fourth-order valence-corrected chi connectivity index (χ4v) is 2.80. The van der Waals surface area contributed by atoms with Gasteiger partial charge in [-0.25, -0.2) is 4.98 Å². The van der Waals surface area contributed by atoms with E-state index in [1.807, 2.05) is 36.5 Å². The molecule has 0 bridgehead atoms. The summed E-state index contributed by atoms with van der Waals surface area (Å²) >= 11 is 0. The summed E-state index contributed by atoms with van der Waals surface area (Å²) in [6.07, 6.45) is 4.98. The molecule has 4 heteroatoms. The van der Waals surface area contributed by atoms with Crippen LogP contribution in [0.5, 0.6) is 5.75 Å². The van der Waals surface area contributed by atoms with Crippen molar-refractivity contribution in [2.45, 2.75) is 12.8 Å². The van der Waals surface area contributed by atoms with Gasteiger partial charge in [0, 0.05) is 24.2 Å². The minimum absolute atomic E-state index is 0.156. The minimum atomic E-state index is 0.156. The van der Waals surface area contributed by atoms with E-state index in [-0.39, 0.29) is 5.78 Å². The van der Waals surface area contributed by atoms with E-state index < -0.39 is 0 Å². The fourth-order valence-electron chi connectivity index (χ4n) is 2.80. The number of rotatable bonds is 1. The molecule has 0 unspecified atom stereocenters. The summed E-state index contributed by atoms with van der Waals surface area (Å²) < 4.78 is 5.64. The Kier molecular flexibility index (Phi) is 2.74. The van der Waals surface area contributed by atoms with Crippen molar-refractivity contribution < 1.29 is 9.53 Å². The number of ether oxygens (including phenoxy) is 1. The Morgan fingerprint density at radius 1 is 1.14 bits per heavy atom. The molecular weight excluding hydrogens is 264 g/mol. The van der Waals surface area contributed by atoms with Gasteiger partial charge in [0.05, 0.1) is 12.2 Å². The molecule has 4 rings (SSSR count). The van der Waals surface area contributed by atoms with E-state index >= 15 is 0 Å². The van der Waals surface area contributed by atoms with Crippen LogP contribution in [0.1, 0.15) is 23.2 Å². The van der Waals surface area contributed by atoms with E-state index in [4.69, 9.17) is 4.74 Å². The Morgan fingerprint density at radius 3 is 3.05 bits per heavy atom. The number of fused-ring (bicyclic) bond motifs is 2. The zero-order chi connectivity index (χ0) is 14.2. The molecule has 0 saturated carbocycles. The second-order valence-corrected chi connectivity index (χ2v) is 5.18. The molecule has 2 aromatic heterocycles. The monoisotopic (exact) mass is 278 g/mol. The summed E-state index contributed by atoms with van der Waals surface area (Å²) in [7, 11) is 0. The van der Waals surface area contributed by atoms with Crippen LogP contribution in [0.2, 0.25) is 0 Å². The summed E-state index contributed by atoms with van der Waals surface area (Å²) in [4.78, 5) is 19.6. The Hall–Kier alpha value is -2.62. The molecule has 3 aromatic rings. The Labute approximate surface area is 121 Å². The van der Waals surface area contributed by atoms with Crippen LogP contribution in [-0.2, 0) is 0 Å². The third-order valence-electron chi connectivity index (χ3n) is 3.86. The molecule has 0 aliphatic carbocycles. The standard InChI is InChI=1S/C17H14N2O2/c20-15-2-1-9-21-16-4-3-11(10-14(15)16)12-5-7-18-17-13(12)6-8-19-17/h3-8,10H,1-2,9H2,(H,18,19). The smallest absolute Gasteiger partial charge is 0.166 e. The summed E-state index contributed by atoms with van der Waals surface area (Å²) in [5, 5.41) is 1.06. The van der Waals surface area contributed by atoms with Gasteiger partial charge < -0.3 is 9.72 Å². The van der Waals surface area contributed by atoms with E-state index in [1.54, 1.807) is 6.20 Å². The molecule has 1 aliphatic rings.